The molecule has 1 saturated heterocycles. The van der Waals surface area contributed by atoms with Gasteiger partial charge >= 0.3 is 37.7 Å². The monoisotopic (exact) mass is 140 g/mol. The second-order valence-corrected chi connectivity index (χ2v) is 4.24. The first-order valence-electron chi connectivity index (χ1n) is 3.00. The normalized spacial score (nSPS) is 19.4. The van der Waals surface area contributed by atoms with Crippen LogP contribution in [0.1, 0.15) is 19.3 Å². The molecule has 1 aliphatic heterocycles. The summed E-state index contributed by atoms with van der Waals surface area (Å²) in [6.45, 7) is 0. The van der Waals surface area contributed by atoms with Crippen molar-refractivity contribution in [1.82, 2.24) is 0 Å². The van der Waals surface area contributed by atoms with Crippen LogP contribution in [0.25, 0.3) is 0 Å². The van der Waals surface area contributed by atoms with Crippen molar-refractivity contribution < 1.29 is 0 Å². The molecule has 0 amide bonds. The molecule has 1 fully saturated rings. The average Bonchev–Trinajstić information content (AvgIpc) is 1.72. The van der Waals surface area contributed by atoms with E-state index in [1.807, 2.05) is 0 Å². The van der Waals surface area contributed by atoms with Crippen molar-refractivity contribution in [2.75, 3.05) is 0 Å². The first-order valence-corrected chi connectivity index (χ1v) is 5.00. The van der Waals surface area contributed by atoms with Crippen LogP contribution in [0.4, 0.5) is 0 Å². The van der Waals surface area contributed by atoms with Crippen LogP contribution in [-0.4, -0.2) is 53.0 Å². The predicted molar refractivity (Wildman–Crippen MR) is 39.2 cm³/mol. The quantitative estimate of drug-likeness (QED) is 0.430. The van der Waals surface area contributed by atoms with E-state index in [1.54, 1.807) is 23.4 Å². The second-order valence-electron chi connectivity index (χ2n) is 2.12. The van der Waals surface area contributed by atoms with Gasteiger partial charge in [-0.15, -0.1) is 0 Å². The third-order valence-electron chi connectivity index (χ3n) is 1.50. The molecule has 1 heterocycles. The van der Waals surface area contributed by atoms with Gasteiger partial charge in [-0.05, 0) is 0 Å². The zero-order valence-corrected chi connectivity index (χ0v) is 5.66. The Kier molecular flexibility index (Phi) is 7.44. The van der Waals surface area contributed by atoms with Crippen LogP contribution >= 0.6 is 0 Å². The van der Waals surface area contributed by atoms with Crippen LogP contribution in [0, 0.1) is 0 Å². The molecule has 0 unspecified atom stereocenters. The Balaban J connectivity index is 0.000000360. The predicted octanol–water partition coefficient (Wildman–Crippen LogP) is 0.527. The molecule has 0 aromatic heterocycles. The molecule has 0 aromatic rings. The number of hydrogen-bond donors (Lipinski definition) is 0. The topological polar surface area (TPSA) is 0 Å². The van der Waals surface area contributed by atoms with Gasteiger partial charge in [-0.25, -0.2) is 0 Å². The summed E-state index contributed by atoms with van der Waals surface area (Å²) < 4.78 is 0. The van der Waals surface area contributed by atoms with Crippen molar-refractivity contribution in [3.8, 4) is 0 Å². The van der Waals surface area contributed by atoms with Gasteiger partial charge in [0, 0.05) is 0 Å². The van der Waals surface area contributed by atoms with E-state index in [9.17, 15) is 0 Å². The average molecular weight is 140 g/mol. The summed E-state index contributed by atoms with van der Waals surface area (Å²) in [6, 6.07) is 0. The molecule has 0 aromatic carbocycles. The van der Waals surface area contributed by atoms with E-state index < -0.39 is 0 Å². The van der Waals surface area contributed by atoms with E-state index >= 15 is 0 Å². The van der Waals surface area contributed by atoms with E-state index in [4.69, 9.17) is 0 Å². The fourth-order valence-electron chi connectivity index (χ4n) is 1.06. The Hall–Kier alpha value is 1.79. The molecule has 0 spiro atoms. The minimum absolute atomic E-state index is 0. The van der Waals surface area contributed by atoms with Crippen LogP contribution in [0.2, 0.25) is 10.6 Å². The van der Waals surface area contributed by atoms with E-state index in [0.29, 0.717) is 15.2 Å². The Morgan fingerprint density at radius 3 is 1.57 bits per heavy atom. The number of rotatable bonds is 0. The molecule has 1 aliphatic rings. The summed E-state index contributed by atoms with van der Waals surface area (Å²) >= 11 is 0.508. The van der Waals surface area contributed by atoms with Crippen molar-refractivity contribution in [3.63, 3.8) is 0 Å². The van der Waals surface area contributed by atoms with E-state index in [0.717, 1.165) is 0 Å². The Labute approximate surface area is 81.8 Å². The van der Waals surface area contributed by atoms with Crippen molar-refractivity contribution in [1.29, 1.82) is 0 Å². The molecule has 0 aliphatic carbocycles. The van der Waals surface area contributed by atoms with Crippen molar-refractivity contribution in [3.05, 3.63) is 0 Å². The van der Waals surface area contributed by atoms with Gasteiger partial charge in [-0.3, -0.25) is 0 Å². The third kappa shape index (κ3) is 4.31. The summed E-state index contributed by atoms with van der Waals surface area (Å²) in [6.07, 6.45) is 4.66. The molecule has 0 bridgehead atoms. The molecular formula is C5H13AlCa. The molecule has 1 rings (SSSR count). The van der Waals surface area contributed by atoms with Crippen LogP contribution in [0.5, 0.6) is 0 Å². The molecule has 0 saturated carbocycles. The molecule has 0 atom stereocenters. The van der Waals surface area contributed by atoms with Crippen molar-refractivity contribution in [2.45, 2.75) is 29.8 Å². The first kappa shape index (κ1) is 8.79. The molecule has 0 radical (unpaired) electrons. The second kappa shape index (κ2) is 5.92. The summed E-state index contributed by atoms with van der Waals surface area (Å²) in [7, 11) is 0. The minimum atomic E-state index is 0. The SMILES string of the molecule is C1C[CH2][AlH][CH2]C1.[CaH2]. The molecule has 2 heteroatoms. The summed E-state index contributed by atoms with van der Waals surface area (Å²) in [5.41, 5.74) is 0. The summed E-state index contributed by atoms with van der Waals surface area (Å²) in [5, 5.41) is 3.28. The Bertz CT molecular complexity index is 23.6. The van der Waals surface area contributed by atoms with Gasteiger partial charge < -0.3 is 0 Å². The number of hydrogen-bond acceptors (Lipinski definition) is 0. The van der Waals surface area contributed by atoms with Crippen molar-refractivity contribution in [2.24, 2.45) is 0 Å². The van der Waals surface area contributed by atoms with E-state index in [-0.39, 0.29) is 37.7 Å². The van der Waals surface area contributed by atoms with Gasteiger partial charge in [0.25, 0.3) is 0 Å². The maximum atomic E-state index is 1.64. The van der Waals surface area contributed by atoms with Crippen LogP contribution in [0.15, 0.2) is 0 Å². The van der Waals surface area contributed by atoms with Gasteiger partial charge in [0.1, 0.15) is 0 Å². The van der Waals surface area contributed by atoms with Crippen LogP contribution in [-0.2, 0) is 0 Å². The van der Waals surface area contributed by atoms with Gasteiger partial charge in [-0.1, -0.05) is 29.8 Å². The summed E-state index contributed by atoms with van der Waals surface area (Å²) in [5.74, 6) is 0. The third-order valence-corrected chi connectivity index (χ3v) is 3.50. The molecule has 38 valence electrons. The molecule has 0 N–H and O–H groups in total. The van der Waals surface area contributed by atoms with Gasteiger partial charge in [0.05, 0.1) is 0 Å². The molecular weight excluding hydrogens is 127 g/mol. The zero-order valence-electron chi connectivity index (χ0n) is 4.24. The van der Waals surface area contributed by atoms with Crippen LogP contribution < -0.4 is 0 Å². The molecule has 7 heavy (non-hydrogen) atoms. The van der Waals surface area contributed by atoms with E-state index in [2.05, 4.69) is 0 Å². The summed E-state index contributed by atoms with van der Waals surface area (Å²) in [4.78, 5) is 0. The van der Waals surface area contributed by atoms with Crippen molar-refractivity contribution >= 4 is 53.0 Å². The van der Waals surface area contributed by atoms with Crippen LogP contribution in [0.3, 0.4) is 0 Å². The Morgan fingerprint density at radius 1 is 0.857 bits per heavy atom. The van der Waals surface area contributed by atoms with Gasteiger partial charge in [0.15, 0.2) is 0 Å². The maximum absolute atomic E-state index is 1.64. The van der Waals surface area contributed by atoms with Gasteiger partial charge in [-0.2, -0.15) is 0 Å². The molecule has 0 nitrogen and oxygen atoms in total. The fourth-order valence-corrected chi connectivity index (χ4v) is 2.83. The Morgan fingerprint density at radius 2 is 1.43 bits per heavy atom. The fraction of sp³-hybridized carbons (Fsp3) is 1.00. The van der Waals surface area contributed by atoms with Gasteiger partial charge in [0.2, 0.25) is 15.2 Å². The first-order chi connectivity index (χ1) is 3.00. The standard InChI is InChI=1S/C5H10.Al.Ca.3H/c1-3-5-4-2;;;;;/h1-5H2;;;;;. The zero-order chi connectivity index (χ0) is 4.24. The van der Waals surface area contributed by atoms with E-state index in [1.165, 1.54) is 6.42 Å².